The van der Waals surface area contributed by atoms with Crippen molar-refractivity contribution in [2.45, 2.75) is 0 Å². The highest BCUT2D eigenvalue weighted by Crippen LogP contribution is 2.36. The average Bonchev–Trinajstić information content (AvgIpc) is 1.97. The van der Waals surface area contributed by atoms with Crippen molar-refractivity contribution in [2.75, 3.05) is 5.73 Å². The lowest BCUT2D eigenvalue weighted by atomic mass is 10.3. The van der Waals surface area contributed by atoms with Crippen LogP contribution in [0.25, 0.3) is 0 Å². The van der Waals surface area contributed by atoms with E-state index in [0.717, 1.165) is 6.07 Å². The zero-order valence-electron chi connectivity index (χ0n) is 5.24. The molecule has 0 aliphatic rings. The molecule has 0 saturated heterocycles. The van der Waals surface area contributed by atoms with Crippen LogP contribution in [0.4, 0.5) is 10.1 Å². The number of hydrogen-bond donors (Lipinski definition) is 2. The van der Waals surface area contributed by atoms with E-state index in [2.05, 4.69) is 0 Å². The molecule has 0 saturated carbocycles. The summed E-state index contributed by atoms with van der Waals surface area (Å²) in [5.74, 6) is -1.13. The number of benzene rings is 1. The van der Waals surface area contributed by atoms with Crippen LogP contribution in [0.1, 0.15) is 0 Å². The molecular formula is C6H4Cl2FNO. The second-order valence-electron chi connectivity index (χ2n) is 1.92. The van der Waals surface area contributed by atoms with Gasteiger partial charge in [-0.2, -0.15) is 0 Å². The lowest BCUT2D eigenvalue weighted by molar-refractivity contribution is 0.476. The maximum Gasteiger partial charge on any atom is 0.158 e. The molecule has 11 heavy (non-hydrogen) atoms. The van der Waals surface area contributed by atoms with Crippen LogP contribution in [0.15, 0.2) is 6.07 Å². The van der Waals surface area contributed by atoms with Gasteiger partial charge in [0.15, 0.2) is 5.75 Å². The van der Waals surface area contributed by atoms with Crippen molar-refractivity contribution in [1.82, 2.24) is 0 Å². The van der Waals surface area contributed by atoms with Crippen LogP contribution in [0.2, 0.25) is 10.0 Å². The molecule has 0 atom stereocenters. The van der Waals surface area contributed by atoms with Crippen molar-refractivity contribution in [3.8, 4) is 5.75 Å². The normalized spacial score (nSPS) is 10.1. The van der Waals surface area contributed by atoms with E-state index in [1.165, 1.54) is 0 Å². The lowest BCUT2D eigenvalue weighted by Crippen LogP contribution is -1.90. The van der Waals surface area contributed by atoms with Gasteiger partial charge in [-0.1, -0.05) is 23.2 Å². The first kappa shape index (κ1) is 8.43. The van der Waals surface area contributed by atoms with E-state index in [-0.39, 0.29) is 15.7 Å². The average molecular weight is 196 g/mol. The van der Waals surface area contributed by atoms with Gasteiger partial charge < -0.3 is 10.8 Å². The molecule has 0 bridgehead atoms. The Bertz CT molecular complexity index is 277. The Morgan fingerprint density at radius 2 is 2.00 bits per heavy atom. The summed E-state index contributed by atoms with van der Waals surface area (Å²) in [5, 5.41) is 8.54. The molecule has 5 heteroatoms. The number of nitrogens with two attached hydrogens (primary N) is 1. The van der Waals surface area contributed by atoms with Crippen LogP contribution in [-0.4, -0.2) is 5.11 Å². The summed E-state index contributed by atoms with van der Waals surface area (Å²) in [6.07, 6.45) is 0. The summed E-state index contributed by atoms with van der Waals surface area (Å²) >= 11 is 10.7. The molecule has 0 aliphatic carbocycles. The largest absolute Gasteiger partial charge is 0.504 e. The van der Waals surface area contributed by atoms with Crippen LogP contribution < -0.4 is 5.73 Å². The van der Waals surface area contributed by atoms with E-state index in [0.29, 0.717) is 0 Å². The number of nitrogen functional groups attached to an aromatic ring is 1. The van der Waals surface area contributed by atoms with Gasteiger partial charge >= 0.3 is 0 Å². The molecule has 0 fully saturated rings. The predicted octanol–water partition coefficient (Wildman–Crippen LogP) is 2.42. The molecule has 1 aromatic rings. The highest BCUT2D eigenvalue weighted by molar-refractivity contribution is 6.36. The number of phenolic OH excluding ortho intramolecular Hbond substituents is 1. The van der Waals surface area contributed by atoms with Crippen molar-refractivity contribution in [1.29, 1.82) is 0 Å². The van der Waals surface area contributed by atoms with Crippen molar-refractivity contribution >= 4 is 28.9 Å². The summed E-state index contributed by atoms with van der Waals surface area (Å²) < 4.78 is 12.6. The van der Waals surface area contributed by atoms with E-state index >= 15 is 0 Å². The maximum absolute atomic E-state index is 12.6. The number of hydrogen-bond acceptors (Lipinski definition) is 2. The molecule has 0 aromatic heterocycles. The molecule has 1 rings (SSSR count). The third-order valence-corrected chi connectivity index (χ3v) is 1.85. The molecular weight excluding hydrogens is 192 g/mol. The molecule has 0 heterocycles. The Balaban J connectivity index is 3.46. The molecule has 0 unspecified atom stereocenters. The predicted molar refractivity (Wildman–Crippen MR) is 42.5 cm³/mol. The second-order valence-corrected chi connectivity index (χ2v) is 2.70. The van der Waals surface area contributed by atoms with Gasteiger partial charge in [-0.15, -0.1) is 0 Å². The maximum atomic E-state index is 12.6. The SMILES string of the molecule is Nc1c(O)c(Cl)cc(F)c1Cl. The number of anilines is 1. The first-order valence-electron chi connectivity index (χ1n) is 2.66. The topological polar surface area (TPSA) is 46.2 Å². The molecule has 0 radical (unpaired) electrons. The van der Waals surface area contributed by atoms with Crippen LogP contribution in [-0.2, 0) is 0 Å². The Hall–Kier alpha value is -0.670. The van der Waals surface area contributed by atoms with Crippen molar-refractivity contribution < 1.29 is 9.50 Å². The summed E-state index contributed by atoms with van der Waals surface area (Å²) in [6.45, 7) is 0. The van der Waals surface area contributed by atoms with Crippen LogP contribution in [0.5, 0.6) is 5.75 Å². The molecule has 2 nitrogen and oxygen atoms in total. The van der Waals surface area contributed by atoms with E-state index in [4.69, 9.17) is 34.0 Å². The fourth-order valence-corrected chi connectivity index (χ4v) is 0.946. The number of aromatic hydroxyl groups is 1. The van der Waals surface area contributed by atoms with Gasteiger partial charge in [-0.3, -0.25) is 0 Å². The molecule has 1 aromatic carbocycles. The quantitative estimate of drug-likeness (QED) is 0.380. The van der Waals surface area contributed by atoms with E-state index in [1.54, 1.807) is 0 Å². The zero-order chi connectivity index (χ0) is 8.59. The molecule has 3 N–H and O–H groups in total. The van der Waals surface area contributed by atoms with E-state index in [9.17, 15) is 4.39 Å². The van der Waals surface area contributed by atoms with Crippen LogP contribution in [0.3, 0.4) is 0 Å². The summed E-state index contributed by atoms with van der Waals surface area (Å²) in [4.78, 5) is 0. The van der Waals surface area contributed by atoms with Crippen molar-refractivity contribution in [2.24, 2.45) is 0 Å². The highest BCUT2D eigenvalue weighted by Gasteiger charge is 2.11. The van der Waals surface area contributed by atoms with Gasteiger partial charge in [0, 0.05) is 0 Å². The molecule has 60 valence electrons. The van der Waals surface area contributed by atoms with Gasteiger partial charge in [0.05, 0.1) is 10.7 Å². The monoisotopic (exact) mass is 195 g/mol. The van der Waals surface area contributed by atoms with E-state index in [1.807, 2.05) is 0 Å². The van der Waals surface area contributed by atoms with Gasteiger partial charge in [0.2, 0.25) is 0 Å². The number of phenols is 1. The Morgan fingerprint density at radius 1 is 1.45 bits per heavy atom. The van der Waals surface area contributed by atoms with Gasteiger partial charge in [0.25, 0.3) is 0 Å². The Labute approximate surface area is 72.3 Å². The summed E-state index contributed by atoms with van der Waals surface area (Å²) in [5.41, 5.74) is 4.94. The minimum absolute atomic E-state index is 0.149. The molecule has 0 spiro atoms. The molecule has 0 aliphatic heterocycles. The standard InChI is InChI=1S/C6H4Cl2FNO/c7-2-1-3(9)4(8)5(10)6(2)11/h1,11H,10H2. The van der Waals surface area contributed by atoms with Gasteiger partial charge in [-0.05, 0) is 6.07 Å². The minimum Gasteiger partial charge on any atom is -0.504 e. The Kier molecular flexibility index (Phi) is 2.11. The third kappa shape index (κ3) is 1.34. The van der Waals surface area contributed by atoms with Gasteiger partial charge in [0.1, 0.15) is 10.8 Å². The molecule has 0 amide bonds. The highest BCUT2D eigenvalue weighted by atomic mass is 35.5. The Morgan fingerprint density at radius 3 is 2.55 bits per heavy atom. The first-order valence-corrected chi connectivity index (χ1v) is 3.41. The van der Waals surface area contributed by atoms with Crippen LogP contribution >= 0.6 is 23.2 Å². The second kappa shape index (κ2) is 2.75. The first-order chi connectivity index (χ1) is 5.04. The fraction of sp³-hybridized carbons (Fsp3) is 0. The van der Waals surface area contributed by atoms with E-state index < -0.39 is 11.6 Å². The third-order valence-electron chi connectivity index (χ3n) is 1.18. The van der Waals surface area contributed by atoms with Crippen molar-refractivity contribution in [3.05, 3.63) is 21.9 Å². The zero-order valence-corrected chi connectivity index (χ0v) is 6.75. The van der Waals surface area contributed by atoms with Crippen molar-refractivity contribution in [3.63, 3.8) is 0 Å². The smallest absolute Gasteiger partial charge is 0.158 e. The number of rotatable bonds is 0. The van der Waals surface area contributed by atoms with Crippen LogP contribution in [0, 0.1) is 5.82 Å². The fourth-order valence-electron chi connectivity index (χ4n) is 0.604. The van der Waals surface area contributed by atoms with Gasteiger partial charge in [-0.25, -0.2) is 4.39 Å². The summed E-state index contributed by atoms with van der Waals surface area (Å²) in [6, 6.07) is 0.898. The minimum atomic E-state index is -0.744. The summed E-state index contributed by atoms with van der Waals surface area (Å²) in [7, 11) is 0. The number of halogens is 3. The lowest BCUT2D eigenvalue weighted by Gasteiger charge is -2.03.